The van der Waals surface area contributed by atoms with E-state index in [-0.39, 0.29) is 12.7 Å². The molecule has 1 unspecified atom stereocenters. The van der Waals surface area contributed by atoms with Crippen LogP contribution in [0.3, 0.4) is 0 Å². The Bertz CT molecular complexity index is 928. The summed E-state index contributed by atoms with van der Waals surface area (Å²) in [7, 11) is 0. The number of fused-ring (bicyclic) bond motifs is 1. The highest BCUT2D eigenvalue weighted by Crippen LogP contribution is 2.37. The van der Waals surface area contributed by atoms with Gasteiger partial charge in [-0.3, -0.25) is 4.79 Å². The fraction of sp³-hybridized carbons (Fsp3) is 0.480. The fourth-order valence-electron chi connectivity index (χ4n) is 5.16. The Morgan fingerprint density at radius 3 is 2.45 bits per heavy atom. The number of likely N-dealkylation sites (tertiary alicyclic amines) is 2. The van der Waals surface area contributed by atoms with E-state index in [2.05, 4.69) is 35.2 Å². The van der Waals surface area contributed by atoms with Crippen molar-refractivity contribution in [2.45, 2.75) is 50.6 Å². The van der Waals surface area contributed by atoms with Crippen LogP contribution in [0.15, 0.2) is 42.5 Å². The molecule has 2 saturated heterocycles. The maximum Gasteiger partial charge on any atom is 0.231 e. The van der Waals surface area contributed by atoms with E-state index in [0.29, 0.717) is 41.4 Å². The molecule has 0 aliphatic carbocycles. The molecule has 2 aromatic rings. The van der Waals surface area contributed by atoms with Crippen molar-refractivity contribution in [3.05, 3.63) is 58.6 Å². The van der Waals surface area contributed by atoms with Gasteiger partial charge in [0.15, 0.2) is 11.5 Å². The molecule has 0 bridgehead atoms. The lowest BCUT2D eigenvalue weighted by molar-refractivity contribution is -0.131. The Morgan fingerprint density at radius 1 is 0.935 bits per heavy atom. The average molecular weight is 441 g/mol. The average Bonchev–Trinajstić information content (AvgIpc) is 3.17. The first kappa shape index (κ1) is 20.7. The second kappa shape index (κ2) is 9.09. The van der Waals surface area contributed by atoms with Gasteiger partial charge in [0.1, 0.15) is 0 Å². The number of rotatable bonds is 4. The standard InChI is InChI=1S/C25H29ClN2O3/c26-22-15-24-23(30-17-31-24)14-20(22)16-28-13-10-21(6-7-25(28)29)27-11-8-19(9-12-27)18-4-2-1-3-5-18/h1-5,14-15,19,21H,6-13,16-17H2. The molecule has 6 heteroatoms. The summed E-state index contributed by atoms with van der Waals surface area (Å²) in [5.41, 5.74) is 2.38. The first-order chi connectivity index (χ1) is 15.2. The number of hydrogen-bond acceptors (Lipinski definition) is 4. The summed E-state index contributed by atoms with van der Waals surface area (Å²) in [6.07, 6.45) is 4.96. The molecule has 5 nitrogen and oxygen atoms in total. The van der Waals surface area contributed by atoms with E-state index in [0.717, 1.165) is 38.0 Å². The number of nitrogens with zero attached hydrogens (tertiary/aromatic N) is 2. The Hall–Kier alpha value is -2.24. The van der Waals surface area contributed by atoms with E-state index < -0.39 is 0 Å². The molecular weight excluding hydrogens is 412 g/mol. The minimum Gasteiger partial charge on any atom is -0.454 e. The molecule has 1 atom stereocenters. The lowest BCUT2D eigenvalue weighted by Gasteiger charge is -2.37. The second-order valence-electron chi connectivity index (χ2n) is 8.81. The third-order valence-electron chi connectivity index (χ3n) is 7.00. The monoisotopic (exact) mass is 440 g/mol. The molecule has 3 aliphatic rings. The molecule has 2 aromatic carbocycles. The van der Waals surface area contributed by atoms with Crippen LogP contribution in [-0.4, -0.2) is 48.2 Å². The van der Waals surface area contributed by atoms with Gasteiger partial charge in [-0.15, -0.1) is 0 Å². The van der Waals surface area contributed by atoms with E-state index in [1.165, 1.54) is 18.4 Å². The summed E-state index contributed by atoms with van der Waals surface area (Å²) >= 11 is 6.45. The topological polar surface area (TPSA) is 42.0 Å². The summed E-state index contributed by atoms with van der Waals surface area (Å²) in [5.74, 6) is 2.26. The zero-order valence-corrected chi connectivity index (χ0v) is 18.5. The van der Waals surface area contributed by atoms with E-state index in [4.69, 9.17) is 21.1 Å². The van der Waals surface area contributed by atoms with Crippen LogP contribution in [0.1, 0.15) is 49.1 Å². The summed E-state index contributed by atoms with van der Waals surface area (Å²) in [6.45, 7) is 3.75. The molecule has 31 heavy (non-hydrogen) atoms. The maximum atomic E-state index is 12.8. The van der Waals surface area contributed by atoms with Crippen molar-refractivity contribution in [3.8, 4) is 11.5 Å². The molecule has 0 spiro atoms. The van der Waals surface area contributed by atoms with Crippen LogP contribution in [0.25, 0.3) is 0 Å². The minimum absolute atomic E-state index is 0.218. The predicted octanol–water partition coefficient (Wildman–Crippen LogP) is 4.83. The summed E-state index contributed by atoms with van der Waals surface area (Å²) < 4.78 is 10.9. The van der Waals surface area contributed by atoms with Crippen LogP contribution >= 0.6 is 11.6 Å². The van der Waals surface area contributed by atoms with Crippen molar-refractivity contribution in [1.82, 2.24) is 9.80 Å². The van der Waals surface area contributed by atoms with Crippen LogP contribution in [0.2, 0.25) is 5.02 Å². The van der Waals surface area contributed by atoms with E-state index >= 15 is 0 Å². The van der Waals surface area contributed by atoms with Gasteiger partial charge < -0.3 is 19.3 Å². The van der Waals surface area contributed by atoms with E-state index in [9.17, 15) is 4.79 Å². The SMILES string of the molecule is O=C1CCC(N2CCC(c3ccccc3)CC2)CCN1Cc1cc2c(cc1Cl)OCO2. The minimum atomic E-state index is 0.218. The van der Waals surface area contributed by atoms with Crippen molar-refractivity contribution in [2.75, 3.05) is 26.4 Å². The van der Waals surface area contributed by atoms with Gasteiger partial charge in [-0.05, 0) is 61.9 Å². The smallest absolute Gasteiger partial charge is 0.231 e. The molecular formula is C25H29ClN2O3. The number of piperidine rings is 1. The Labute approximate surface area is 188 Å². The van der Waals surface area contributed by atoms with Gasteiger partial charge in [-0.1, -0.05) is 41.9 Å². The van der Waals surface area contributed by atoms with E-state index in [1.54, 1.807) is 6.07 Å². The zero-order chi connectivity index (χ0) is 21.2. The number of benzene rings is 2. The molecule has 5 rings (SSSR count). The Kier molecular flexibility index (Phi) is 6.06. The Balaban J connectivity index is 1.19. The van der Waals surface area contributed by atoms with Crippen molar-refractivity contribution in [3.63, 3.8) is 0 Å². The fourth-order valence-corrected chi connectivity index (χ4v) is 5.38. The highest BCUT2D eigenvalue weighted by atomic mass is 35.5. The molecule has 164 valence electrons. The van der Waals surface area contributed by atoms with Crippen LogP contribution in [0.5, 0.6) is 11.5 Å². The molecule has 0 N–H and O–H groups in total. The molecule has 3 heterocycles. The molecule has 1 amide bonds. The van der Waals surface area contributed by atoms with Gasteiger partial charge in [0.05, 0.1) is 0 Å². The van der Waals surface area contributed by atoms with Gasteiger partial charge in [0, 0.05) is 36.6 Å². The van der Waals surface area contributed by atoms with Crippen molar-refractivity contribution in [2.24, 2.45) is 0 Å². The summed E-state index contributed by atoms with van der Waals surface area (Å²) in [6, 6.07) is 15.1. The number of ether oxygens (including phenoxy) is 2. The number of amides is 1. The van der Waals surface area contributed by atoms with Gasteiger partial charge in [-0.2, -0.15) is 0 Å². The molecule has 3 aliphatic heterocycles. The normalized spacial score (nSPS) is 22.5. The van der Waals surface area contributed by atoms with Crippen LogP contribution < -0.4 is 9.47 Å². The zero-order valence-electron chi connectivity index (χ0n) is 17.8. The number of halogens is 1. The maximum absolute atomic E-state index is 12.8. The largest absolute Gasteiger partial charge is 0.454 e. The third-order valence-corrected chi connectivity index (χ3v) is 7.35. The summed E-state index contributed by atoms with van der Waals surface area (Å²) in [4.78, 5) is 17.4. The lowest BCUT2D eigenvalue weighted by atomic mass is 9.88. The lowest BCUT2D eigenvalue weighted by Crippen LogP contribution is -2.41. The van der Waals surface area contributed by atoms with Gasteiger partial charge in [0.2, 0.25) is 12.7 Å². The quantitative estimate of drug-likeness (QED) is 0.682. The first-order valence-corrected chi connectivity index (χ1v) is 11.7. The molecule has 2 fully saturated rings. The van der Waals surface area contributed by atoms with Crippen LogP contribution in [-0.2, 0) is 11.3 Å². The number of hydrogen-bond donors (Lipinski definition) is 0. The predicted molar refractivity (Wildman–Crippen MR) is 121 cm³/mol. The number of carbonyl (C=O) groups is 1. The molecule has 0 saturated carbocycles. The third kappa shape index (κ3) is 4.53. The van der Waals surface area contributed by atoms with Gasteiger partial charge in [0.25, 0.3) is 0 Å². The van der Waals surface area contributed by atoms with Gasteiger partial charge in [-0.25, -0.2) is 0 Å². The van der Waals surface area contributed by atoms with Crippen molar-refractivity contribution >= 4 is 17.5 Å². The summed E-state index contributed by atoms with van der Waals surface area (Å²) in [5, 5.41) is 0.626. The highest BCUT2D eigenvalue weighted by molar-refractivity contribution is 6.31. The van der Waals surface area contributed by atoms with Crippen LogP contribution in [0, 0.1) is 0 Å². The van der Waals surface area contributed by atoms with E-state index in [1.807, 2.05) is 11.0 Å². The highest BCUT2D eigenvalue weighted by Gasteiger charge is 2.30. The Morgan fingerprint density at radius 2 is 1.68 bits per heavy atom. The molecule has 0 radical (unpaired) electrons. The van der Waals surface area contributed by atoms with Crippen molar-refractivity contribution < 1.29 is 14.3 Å². The first-order valence-electron chi connectivity index (χ1n) is 11.3. The van der Waals surface area contributed by atoms with Crippen LogP contribution in [0.4, 0.5) is 0 Å². The molecule has 0 aromatic heterocycles. The second-order valence-corrected chi connectivity index (χ2v) is 9.22. The van der Waals surface area contributed by atoms with Crippen molar-refractivity contribution in [1.29, 1.82) is 0 Å². The number of carbonyl (C=O) groups excluding carboxylic acids is 1. The van der Waals surface area contributed by atoms with Gasteiger partial charge >= 0.3 is 0 Å².